The molecule has 1 aromatic heterocycles. The number of hydrogen-bond donors (Lipinski definition) is 2. The molecule has 1 aliphatic heterocycles. The van der Waals surface area contributed by atoms with Crippen LogP contribution >= 0.6 is 24.0 Å². The van der Waals surface area contributed by atoms with Crippen LogP contribution in [0.4, 0.5) is 22.0 Å². The van der Waals surface area contributed by atoms with Gasteiger partial charge in [0.25, 0.3) is 0 Å². The fourth-order valence-electron chi connectivity index (χ4n) is 3.70. The molecule has 2 N–H and O–H groups in total. The largest absolute Gasteiger partial charge is 0.329 e. The summed E-state index contributed by atoms with van der Waals surface area (Å²) in [6, 6.07) is 10.3. The van der Waals surface area contributed by atoms with Crippen LogP contribution in [-0.4, -0.2) is 41.0 Å². The quantitative estimate of drug-likeness (QED) is 0.570. The van der Waals surface area contributed by atoms with Gasteiger partial charge in [0.1, 0.15) is 5.82 Å². The summed E-state index contributed by atoms with van der Waals surface area (Å²) in [4.78, 5) is 34.0. The topological polar surface area (TPSA) is 77.6 Å². The smallest absolute Gasteiger partial charge is 0.315 e. The Morgan fingerprint density at radius 3 is 2.38 bits per heavy atom. The summed E-state index contributed by atoms with van der Waals surface area (Å²) in [5.41, 5.74) is 2.17. The van der Waals surface area contributed by atoms with Crippen molar-refractivity contribution in [1.29, 1.82) is 0 Å². The number of halogens is 2. The van der Waals surface area contributed by atoms with E-state index in [1.807, 2.05) is 23.1 Å². The van der Waals surface area contributed by atoms with Gasteiger partial charge < -0.3 is 15.5 Å². The number of rotatable bonds is 7. The maximum absolute atomic E-state index is 13.5. The Morgan fingerprint density at radius 1 is 1.12 bits per heavy atom. The summed E-state index contributed by atoms with van der Waals surface area (Å²) in [6.07, 6.45) is 0.881. The number of hydrogen-bond acceptors (Lipinski definition) is 4. The molecule has 0 saturated carbocycles. The standard InChI is InChI=1S/C23H30ClN5O2.ClH/c1-14(2)12-15(3)28-13-19-20(10-11-21(26-19)27-22(30)16(4)25-5)29(23(28)31)18-8-6-17(24)7-9-18;/h6-11,14-16,25H,12-13H2,1-5H3,(H,26,27,30);1H. The maximum atomic E-state index is 13.5. The molecule has 7 nitrogen and oxygen atoms in total. The number of pyridine rings is 1. The number of likely N-dealkylation sites (N-methyl/N-ethyl adjacent to an activating group) is 1. The highest BCUT2D eigenvalue weighted by Crippen LogP contribution is 2.36. The third kappa shape index (κ3) is 5.71. The number of benzene rings is 1. The van der Waals surface area contributed by atoms with Crippen LogP contribution < -0.4 is 15.5 Å². The molecule has 0 bridgehead atoms. The number of urea groups is 1. The first-order chi connectivity index (χ1) is 14.7. The Balaban J connectivity index is 0.00000363. The van der Waals surface area contributed by atoms with E-state index >= 15 is 0 Å². The zero-order valence-corrected chi connectivity index (χ0v) is 20.6. The number of anilines is 3. The molecule has 0 saturated heterocycles. The second kappa shape index (κ2) is 11.0. The molecular formula is C23H31Cl2N5O2. The number of nitrogens with one attached hydrogen (secondary N) is 2. The van der Waals surface area contributed by atoms with E-state index in [0.717, 1.165) is 17.8 Å². The lowest BCUT2D eigenvalue weighted by Gasteiger charge is -2.40. The van der Waals surface area contributed by atoms with E-state index in [0.29, 0.717) is 29.0 Å². The first-order valence-corrected chi connectivity index (χ1v) is 10.9. The summed E-state index contributed by atoms with van der Waals surface area (Å²) >= 11 is 6.06. The summed E-state index contributed by atoms with van der Waals surface area (Å²) < 4.78 is 0. The highest BCUT2D eigenvalue weighted by atomic mass is 35.5. The van der Waals surface area contributed by atoms with Crippen molar-refractivity contribution < 1.29 is 9.59 Å². The van der Waals surface area contributed by atoms with Gasteiger partial charge in [-0.25, -0.2) is 9.78 Å². The molecule has 9 heteroatoms. The summed E-state index contributed by atoms with van der Waals surface area (Å²) in [6.45, 7) is 8.51. The van der Waals surface area contributed by atoms with Crippen molar-refractivity contribution in [1.82, 2.24) is 15.2 Å². The van der Waals surface area contributed by atoms with Crippen LogP contribution in [0.1, 0.15) is 39.8 Å². The molecule has 2 atom stereocenters. The molecule has 2 aromatic rings. The van der Waals surface area contributed by atoms with E-state index < -0.39 is 0 Å². The van der Waals surface area contributed by atoms with Gasteiger partial charge in [0, 0.05) is 11.1 Å². The van der Waals surface area contributed by atoms with Crippen molar-refractivity contribution in [2.75, 3.05) is 17.3 Å². The molecule has 2 heterocycles. The molecule has 0 aliphatic carbocycles. The SMILES string of the molecule is CNC(C)C(=O)Nc1ccc2c(n1)CN(C(C)CC(C)C)C(=O)N2c1ccc(Cl)cc1.Cl. The van der Waals surface area contributed by atoms with Gasteiger partial charge in [-0.3, -0.25) is 9.69 Å². The monoisotopic (exact) mass is 479 g/mol. The van der Waals surface area contributed by atoms with E-state index in [1.54, 1.807) is 37.1 Å². The normalized spacial score (nSPS) is 15.2. The maximum Gasteiger partial charge on any atom is 0.329 e. The molecule has 32 heavy (non-hydrogen) atoms. The van der Waals surface area contributed by atoms with Crippen LogP contribution in [-0.2, 0) is 11.3 Å². The van der Waals surface area contributed by atoms with Gasteiger partial charge in [0.15, 0.2) is 0 Å². The van der Waals surface area contributed by atoms with Crippen molar-refractivity contribution in [2.45, 2.75) is 52.7 Å². The van der Waals surface area contributed by atoms with E-state index in [2.05, 4.69) is 36.4 Å². The number of carbonyl (C=O) groups excluding carboxylic acids is 2. The minimum absolute atomic E-state index is 0. The average molecular weight is 480 g/mol. The molecule has 1 aliphatic rings. The van der Waals surface area contributed by atoms with Crippen LogP contribution in [0.3, 0.4) is 0 Å². The number of nitrogens with zero attached hydrogens (tertiary/aromatic N) is 3. The third-order valence-corrected chi connectivity index (χ3v) is 5.71. The van der Waals surface area contributed by atoms with E-state index in [1.165, 1.54) is 0 Å². The van der Waals surface area contributed by atoms with Gasteiger partial charge in [-0.15, -0.1) is 12.4 Å². The average Bonchev–Trinajstić information content (AvgIpc) is 2.73. The molecule has 174 valence electrons. The zero-order valence-electron chi connectivity index (χ0n) is 19.1. The van der Waals surface area contributed by atoms with E-state index in [9.17, 15) is 9.59 Å². The Morgan fingerprint density at radius 2 is 1.78 bits per heavy atom. The number of fused-ring (bicyclic) bond motifs is 1. The van der Waals surface area contributed by atoms with Gasteiger partial charge in [0.2, 0.25) is 5.91 Å². The fourth-order valence-corrected chi connectivity index (χ4v) is 3.83. The summed E-state index contributed by atoms with van der Waals surface area (Å²) in [7, 11) is 1.73. The minimum atomic E-state index is -0.340. The molecule has 3 amide bonds. The van der Waals surface area contributed by atoms with Gasteiger partial charge >= 0.3 is 6.03 Å². The highest BCUT2D eigenvalue weighted by Gasteiger charge is 2.35. The Bertz CT molecular complexity index is 952. The van der Waals surface area contributed by atoms with Crippen molar-refractivity contribution in [3.8, 4) is 0 Å². The van der Waals surface area contributed by atoms with E-state index in [4.69, 9.17) is 11.6 Å². The predicted molar refractivity (Wildman–Crippen MR) is 132 cm³/mol. The Hall–Kier alpha value is -2.35. The van der Waals surface area contributed by atoms with Crippen molar-refractivity contribution in [2.24, 2.45) is 5.92 Å². The van der Waals surface area contributed by atoms with Crippen molar-refractivity contribution in [3.63, 3.8) is 0 Å². The molecule has 1 aromatic carbocycles. The lowest BCUT2D eigenvalue weighted by Crippen LogP contribution is -2.49. The van der Waals surface area contributed by atoms with Crippen molar-refractivity contribution in [3.05, 3.63) is 47.1 Å². The van der Waals surface area contributed by atoms with Crippen LogP contribution in [0.5, 0.6) is 0 Å². The van der Waals surface area contributed by atoms with Crippen LogP contribution in [0.25, 0.3) is 0 Å². The first-order valence-electron chi connectivity index (χ1n) is 10.6. The van der Waals surface area contributed by atoms with Gasteiger partial charge in [-0.05, 0) is 69.6 Å². The van der Waals surface area contributed by atoms with Crippen LogP contribution in [0.2, 0.25) is 5.02 Å². The van der Waals surface area contributed by atoms with Crippen molar-refractivity contribution >= 4 is 53.1 Å². The Kier molecular flexibility index (Phi) is 8.89. The first kappa shape index (κ1) is 25.9. The van der Waals surface area contributed by atoms with E-state index in [-0.39, 0.29) is 36.4 Å². The molecule has 0 radical (unpaired) electrons. The highest BCUT2D eigenvalue weighted by molar-refractivity contribution is 6.30. The molecule has 3 rings (SSSR count). The molecule has 2 unspecified atom stereocenters. The van der Waals surface area contributed by atoms with Crippen LogP contribution in [0.15, 0.2) is 36.4 Å². The molecular weight excluding hydrogens is 449 g/mol. The van der Waals surface area contributed by atoms with Gasteiger partial charge in [0.05, 0.1) is 29.7 Å². The molecule has 0 fully saturated rings. The van der Waals surface area contributed by atoms with Crippen LogP contribution in [0, 0.1) is 5.92 Å². The fraction of sp³-hybridized carbons (Fsp3) is 0.435. The number of aromatic nitrogens is 1. The lowest BCUT2D eigenvalue weighted by molar-refractivity contribution is -0.117. The zero-order chi connectivity index (χ0) is 22.7. The lowest BCUT2D eigenvalue weighted by atomic mass is 10.0. The molecule has 0 spiro atoms. The summed E-state index contributed by atoms with van der Waals surface area (Å²) in [5.74, 6) is 0.754. The number of amides is 3. The second-order valence-electron chi connectivity index (χ2n) is 8.36. The van der Waals surface area contributed by atoms with Gasteiger partial charge in [-0.1, -0.05) is 25.4 Å². The predicted octanol–water partition coefficient (Wildman–Crippen LogP) is 5.21. The number of carbonyl (C=O) groups is 2. The summed E-state index contributed by atoms with van der Waals surface area (Å²) in [5, 5.41) is 6.36. The third-order valence-electron chi connectivity index (χ3n) is 5.46. The Labute approximate surface area is 200 Å². The second-order valence-corrected chi connectivity index (χ2v) is 8.80. The minimum Gasteiger partial charge on any atom is -0.315 e. The van der Waals surface area contributed by atoms with Gasteiger partial charge in [-0.2, -0.15) is 0 Å².